The molecule has 0 aliphatic carbocycles. The van der Waals surface area contributed by atoms with Crippen LogP contribution in [0.4, 0.5) is 5.69 Å². The predicted octanol–water partition coefficient (Wildman–Crippen LogP) is 4.93. The number of benzene rings is 2. The zero-order valence-electron chi connectivity index (χ0n) is 16.4. The first-order chi connectivity index (χ1) is 14.9. The monoisotopic (exact) mass is 436 g/mol. The van der Waals surface area contributed by atoms with E-state index in [4.69, 9.17) is 16.3 Å². The smallest absolute Gasteiger partial charge is 0.313 e. The van der Waals surface area contributed by atoms with Crippen LogP contribution in [0.5, 0.6) is 11.5 Å². The average Bonchev–Trinajstić information content (AvgIpc) is 3.18. The Hall–Kier alpha value is -3.91. The maximum Gasteiger partial charge on any atom is 0.313 e. The van der Waals surface area contributed by atoms with Gasteiger partial charge in [-0.15, -0.1) is 0 Å². The molecule has 4 aromatic rings. The van der Waals surface area contributed by atoms with E-state index in [0.717, 1.165) is 17.0 Å². The lowest BCUT2D eigenvalue weighted by molar-refractivity contribution is -0.385. The van der Waals surface area contributed by atoms with Crippen molar-refractivity contribution in [3.8, 4) is 11.5 Å². The molecule has 0 saturated carbocycles. The Balaban J connectivity index is 1.42. The number of imidazole rings is 1. The van der Waals surface area contributed by atoms with Crippen LogP contribution in [-0.2, 0) is 6.54 Å². The highest BCUT2D eigenvalue weighted by atomic mass is 35.5. The summed E-state index contributed by atoms with van der Waals surface area (Å²) in [6, 6.07) is 16.3. The van der Waals surface area contributed by atoms with Gasteiger partial charge in [0.05, 0.1) is 17.2 Å². The minimum atomic E-state index is -0.566. The van der Waals surface area contributed by atoms with Crippen molar-refractivity contribution in [3.63, 3.8) is 0 Å². The highest BCUT2D eigenvalue weighted by molar-refractivity contribution is 6.30. The van der Waals surface area contributed by atoms with Gasteiger partial charge in [0.1, 0.15) is 11.4 Å². The van der Waals surface area contributed by atoms with Gasteiger partial charge in [-0.25, -0.2) is 4.98 Å². The van der Waals surface area contributed by atoms with Crippen molar-refractivity contribution >= 4 is 28.8 Å². The van der Waals surface area contributed by atoms with Crippen LogP contribution < -0.4 is 10.1 Å². The van der Waals surface area contributed by atoms with Gasteiger partial charge in [-0.05, 0) is 55.5 Å². The molecule has 8 nitrogen and oxygen atoms in total. The predicted molar refractivity (Wildman–Crippen MR) is 116 cm³/mol. The molecule has 1 N–H and O–H groups in total. The number of nitro groups is 1. The fourth-order valence-corrected chi connectivity index (χ4v) is 3.24. The quantitative estimate of drug-likeness (QED) is 0.341. The van der Waals surface area contributed by atoms with E-state index >= 15 is 0 Å². The molecule has 0 radical (unpaired) electrons. The SMILES string of the molecule is Cc1cccc2nc(CNC(=O)c3ccc(Oc4ccc(Cl)cc4[N+](=O)[O-])cc3)cn12. The molecule has 4 rings (SSSR count). The van der Waals surface area contributed by atoms with Crippen LogP contribution in [0.2, 0.25) is 5.02 Å². The molecular weight excluding hydrogens is 420 g/mol. The molecule has 2 heterocycles. The lowest BCUT2D eigenvalue weighted by atomic mass is 10.2. The summed E-state index contributed by atoms with van der Waals surface area (Å²) in [5.74, 6) is 0.157. The number of aryl methyl sites for hydroxylation is 1. The molecule has 0 unspecified atom stereocenters. The summed E-state index contributed by atoms with van der Waals surface area (Å²) in [6.07, 6.45) is 1.89. The number of hydrogen-bond acceptors (Lipinski definition) is 5. The van der Waals surface area contributed by atoms with Gasteiger partial charge < -0.3 is 14.5 Å². The second-order valence-corrected chi connectivity index (χ2v) is 7.24. The lowest BCUT2D eigenvalue weighted by Gasteiger charge is -2.08. The van der Waals surface area contributed by atoms with Gasteiger partial charge in [-0.2, -0.15) is 0 Å². The molecule has 2 aromatic heterocycles. The Bertz CT molecular complexity index is 1280. The Morgan fingerprint density at radius 3 is 2.68 bits per heavy atom. The Labute approximate surface area is 182 Å². The Morgan fingerprint density at radius 1 is 1.19 bits per heavy atom. The Kier molecular flexibility index (Phi) is 5.55. The van der Waals surface area contributed by atoms with E-state index in [0.29, 0.717) is 11.3 Å². The van der Waals surface area contributed by atoms with Crippen LogP contribution >= 0.6 is 11.6 Å². The van der Waals surface area contributed by atoms with E-state index in [1.807, 2.05) is 35.7 Å². The summed E-state index contributed by atoms with van der Waals surface area (Å²) >= 11 is 5.81. The molecule has 0 aliphatic rings. The number of rotatable bonds is 6. The first-order valence-electron chi connectivity index (χ1n) is 9.34. The lowest BCUT2D eigenvalue weighted by Crippen LogP contribution is -2.22. The summed E-state index contributed by atoms with van der Waals surface area (Å²) in [6.45, 7) is 2.27. The number of hydrogen-bond donors (Lipinski definition) is 1. The highest BCUT2D eigenvalue weighted by Crippen LogP contribution is 2.33. The fraction of sp³-hybridized carbons (Fsp3) is 0.0909. The van der Waals surface area contributed by atoms with Gasteiger partial charge in [-0.1, -0.05) is 17.7 Å². The van der Waals surface area contributed by atoms with E-state index in [1.165, 1.54) is 18.2 Å². The summed E-state index contributed by atoms with van der Waals surface area (Å²) in [5.41, 5.74) is 2.81. The summed E-state index contributed by atoms with van der Waals surface area (Å²) < 4.78 is 7.55. The number of carbonyl (C=O) groups excluding carboxylic acids is 1. The maximum absolute atomic E-state index is 12.5. The van der Waals surface area contributed by atoms with Gasteiger partial charge in [0, 0.05) is 28.5 Å². The zero-order chi connectivity index (χ0) is 22.0. The number of halogens is 1. The van der Waals surface area contributed by atoms with Crippen LogP contribution in [-0.4, -0.2) is 20.2 Å². The molecule has 0 saturated heterocycles. The van der Waals surface area contributed by atoms with E-state index in [9.17, 15) is 14.9 Å². The van der Waals surface area contributed by atoms with Gasteiger partial charge in [0.15, 0.2) is 0 Å². The molecule has 156 valence electrons. The van der Waals surface area contributed by atoms with Crippen molar-refractivity contribution in [1.29, 1.82) is 0 Å². The number of nitrogens with zero attached hydrogens (tertiary/aromatic N) is 3. The van der Waals surface area contributed by atoms with Gasteiger partial charge in [-0.3, -0.25) is 14.9 Å². The molecule has 0 fully saturated rings. The number of nitrogens with one attached hydrogen (secondary N) is 1. The standard InChI is InChI=1S/C22H17ClN4O4/c1-14-3-2-4-21-25-17(13-26(14)21)12-24-22(28)15-5-8-18(9-6-15)31-20-10-7-16(23)11-19(20)27(29)30/h2-11,13H,12H2,1H3,(H,24,28). The van der Waals surface area contributed by atoms with Crippen LogP contribution in [0.25, 0.3) is 5.65 Å². The molecular formula is C22H17ClN4O4. The third kappa shape index (κ3) is 4.49. The van der Waals surface area contributed by atoms with Crippen LogP contribution in [0.3, 0.4) is 0 Å². The van der Waals surface area contributed by atoms with E-state index in [2.05, 4.69) is 10.3 Å². The third-order valence-corrected chi connectivity index (χ3v) is 4.87. The molecule has 0 spiro atoms. The molecule has 1 amide bonds. The van der Waals surface area contributed by atoms with Crippen molar-refractivity contribution in [2.45, 2.75) is 13.5 Å². The number of ether oxygens (including phenoxy) is 1. The van der Waals surface area contributed by atoms with Crippen LogP contribution in [0.1, 0.15) is 21.7 Å². The van der Waals surface area contributed by atoms with Gasteiger partial charge >= 0.3 is 5.69 Å². The summed E-state index contributed by atoms with van der Waals surface area (Å²) in [7, 11) is 0. The average molecular weight is 437 g/mol. The largest absolute Gasteiger partial charge is 0.450 e. The summed E-state index contributed by atoms with van der Waals surface area (Å²) in [5, 5.41) is 14.3. The molecule has 0 aliphatic heterocycles. The maximum atomic E-state index is 12.5. The van der Waals surface area contributed by atoms with E-state index in [1.54, 1.807) is 24.3 Å². The number of pyridine rings is 1. The van der Waals surface area contributed by atoms with Crippen molar-refractivity contribution in [2.24, 2.45) is 0 Å². The number of amides is 1. The highest BCUT2D eigenvalue weighted by Gasteiger charge is 2.17. The number of fused-ring (bicyclic) bond motifs is 1. The number of aromatic nitrogens is 2. The van der Waals surface area contributed by atoms with Crippen molar-refractivity contribution < 1.29 is 14.5 Å². The molecule has 2 aromatic carbocycles. The topological polar surface area (TPSA) is 98.8 Å². The number of nitro benzene ring substituents is 1. The van der Waals surface area contributed by atoms with Crippen LogP contribution in [0.15, 0.2) is 66.9 Å². The number of carbonyl (C=O) groups is 1. The molecule has 9 heteroatoms. The first kappa shape index (κ1) is 20.4. The fourth-order valence-electron chi connectivity index (χ4n) is 3.08. The van der Waals surface area contributed by atoms with Gasteiger partial charge in [0.25, 0.3) is 5.91 Å². The summed E-state index contributed by atoms with van der Waals surface area (Å²) in [4.78, 5) is 27.6. The normalized spacial score (nSPS) is 10.8. The van der Waals surface area contributed by atoms with Gasteiger partial charge in [0.2, 0.25) is 5.75 Å². The van der Waals surface area contributed by atoms with E-state index < -0.39 is 4.92 Å². The molecule has 31 heavy (non-hydrogen) atoms. The first-order valence-corrected chi connectivity index (χ1v) is 9.72. The van der Waals surface area contributed by atoms with Crippen molar-refractivity contribution in [3.05, 3.63) is 98.9 Å². The van der Waals surface area contributed by atoms with Crippen LogP contribution in [0, 0.1) is 17.0 Å². The van der Waals surface area contributed by atoms with Crippen molar-refractivity contribution in [2.75, 3.05) is 0 Å². The zero-order valence-corrected chi connectivity index (χ0v) is 17.2. The van der Waals surface area contributed by atoms with Crippen molar-refractivity contribution in [1.82, 2.24) is 14.7 Å². The molecule has 0 atom stereocenters. The minimum absolute atomic E-state index is 0.0637. The van der Waals surface area contributed by atoms with E-state index in [-0.39, 0.29) is 28.9 Å². The second-order valence-electron chi connectivity index (χ2n) is 6.81. The second kappa shape index (κ2) is 8.45. The third-order valence-electron chi connectivity index (χ3n) is 4.64. The minimum Gasteiger partial charge on any atom is -0.450 e. The molecule has 0 bridgehead atoms. The Morgan fingerprint density at radius 2 is 1.97 bits per heavy atom.